The van der Waals surface area contributed by atoms with Gasteiger partial charge in [0.15, 0.2) is 0 Å². The van der Waals surface area contributed by atoms with E-state index in [1.165, 1.54) is 23.8 Å². The zero-order valence-corrected chi connectivity index (χ0v) is 20.9. The van der Waals surface area contributed by atoms with Crippen molar-refractivity contribution < 1.29 is 19.1 Å². The van der Waals surface area contributed by atoms with E-state index in [0.29, 0.717) is 21.7 Å². The van der Waals surface area contributed by atoms with E-state index in [0.717, 1.165) is 5.56 Å². The van der Waals surface area contributed by atoms with Gasteiger partial charge in [0.25, 0.3) is 0 Å². The van der Waals surface area contributed by atoms with Crippen LogP contribution in [0.2, 0.25) is 5.02 Å². The van der Waals surface area contributed by atoms with Crippen molar-refractivity contribution in [3.63, 3.8) is 0 Å². The van der Waals surface area contributed by atoms with Crippen LogP contribution in [0.4, 0.5) is 4.39 Å². The molecule has 0 aliphatic heterocycles. The maximum atomic E-state index is 16.3. The molecule has 0 amide bonds. The molecule has 1 unspecified atom stereocenters. The van der Waals surface area contributed by atoms with Gasteiger partial charge in [0.2, 0.25) is 5.56 Å². The summed E-state index contributed by atoms with van der Waals surface area (Å²) in [5.74, 6) is -2.34. The Morgan fingerprint density at radius 1 is 1.05 bits per heavy atom. The molecule has 0 aliphatic rings. The van der Waals surface area contributed by atoms with Gasteiger partial charge in [-0.3, -0.25) is 4.79 Å². The molecule has 0 spiro atoms. The minimum atomic E-state index is -0.814. The summed E-state index contributed by atoms with van der Waals surface area (Å²) in [6, 6.07) is 22.2. The molecule has 1 N–H and O–H groups in total. The SMILES string of the molecule is COC(=O)c1ccc(-c2ccccc2)c(C(C/C(=N\O)c2ccc(=O)n(C)c2)c2ccccc2Cl)c1F. The molecule has 4 aromatic rings. The van der Waals surface area contributed by atoms with Gasteiger partial charge >= 0.3 is 5.97 Å². The fourth-order valence-electron chi connectivity index (χ4n) is 4.37. The Morgan fingerprint density at radius 2 is 1.76 bits per heavy atom. The highest BCUT2D eigenvalue weighted by Crippen LogP contribution is 2.41. The van der Waals surface area contributed by atoms with Crippen LogP contribution in [0.25, 0.3) is 11.1 Å². The summed E-state index contributed by atoms with van der Waals surface area (Å²) in [6.07, 6.45) is 1.56. The van der Waals surface area contributed by atoms with Crippen LogP contribution < -0.4 is 5.56 Å². The number of carbonyl (C=O) groups is 1. The van der Waals surface area contributed by atoms with Gasteiger partial charge in [-0.05, 0) is 34.9 Å². The largest absolute Gasteiger partial charge is 0.465 e. The van der Waals surface area contributed by atoms with E-state index < -0.39 is 17.7 Å². The number of carbonyl (C=O) groups excluding carboxylic acids is 1. The second-order valence-corrected chi connectivity index (χ2v) is 8.84. The molecule has 6 nitrogen and oxygen atoms in total. The van der Waals surface area contributed by atoms with Gasteiger partial charge in [0, 0.05) is 47.8 Å². The van der Waals surface area contributed by atoms with Crippen LogP contribution in [-0.2, 0) is 11.8 Å². The number of hydrogen-bond donors (Lipinski definition) is 1. The standard InChI is InChI=1S/C29H24ClFN2O4/c1-33-17-19(12-15-26(33)34)25(32-36)16-23(21-10-6-7-11-24(21)30)27-20(18-8-4-3-5-9-18)13-14-22(28(27)31)29(35)37-2/h3-15,17,23,36H,16H2,1-2H3/b32-25+. The van der Waals surface area contributed by atoms with Gasteiger partial charge < -0.3 is 14.5 Å². The Balaban J connectivity index is 1.99. The average Bonchev–Trinajstić information content (AvgIpc) is 2.92. The van der Waals surface area contributed by atoms with Crippen molar-refractivity contribution in [2.24, 2.45) is 12.2 Å². The van der Waals surface area contributed by atoms with Gasteiger partial charge in [0.05, 0.1) is 18.4 Å². The number of methoxy groups -OCH3 is 1. The number of nitrogens with zero attached hydrogens (tertiary/aromatic N) is 2. The van der Waals surface area contributed by atoms with Crippen molar-refractivity contribution in [2.45, 2.75) is 12.3 Å². The van der Waals surface area contributed by atoms with E-state index in [2.05, 4.69) is 5.16 Å². The summed E-state index contributed by atoms with van der Waals surface area (Å²) in [5, 5.41) is 13.9. The maximum absolute atomic E-state index is 16.3. The summed E-state index contributed by atoms with van der Waals surface area (Å²) >= 11 is 6.61. The van der Waals surface area contributed by atoms with Gasteiger partial charge in [-0.25, -0.2) is 9.18 Å². The normalized spacial score (nSPS) is 12.3. The molecule has 0 fully saturated rings. The first-order valence-electron chi connectivity index (χ1n) is 11.4. The van der Waals surface area contributed by atoms with E-state index in [1.807, 2.05) is 30.3 Å². The van der Waals surface area contributed by atoms with E-state index >= 15 is 4.39 Å². The highest BCUT2D eigenvalue weighted by atomic mass is 35.5. The smallest absolute Gasteiger partial charge is 0.340 e. The quantitative estimate of drug-likeness (QED) is 0.140. The second kappa shape index (κ2) is 11.2. The number of ether oxygens (including phenoxy) is 1. The molecule has 37 heavy (non-hydrogen) atoms. The van der Waals surface area contributed by atoms with E-state index in [-0.39, 0.29) is 28.8 Å². The Hall–Kier alpha value is -4.23. The number of hydrogen-bond acceptors (Lipinski definition) is 5. The lowest BCUT2D eigenvalue weighted by atomic mass is 9.80. The van der Waals surface area contributed by atoms with Crippen molar-refractivity contribution in [2.75, 3.05) is 7.11 Å². The van der Waals surface area contributed by atoms with Crippen molar-refractivity contribution in [1.29, 1.82) is 0 Å². The van der Waals surface area contributed by atoms with Crippen LogP contribution in [0.1, 0.15) is 39.4 Å². The number of esters is 1. The van der Waals surface area contributed by atoms with E-state index in [9.17, 15) is 14.8 Å². The third-order valence-electron chi connectivity index (χ3n) is 6.24. The Morgan fingerprint density at radius 3 is 2.41 bits per heavy atom. The van der Waals surface area contributed by atoms with Crippen LogP contribution in [0.15, 0.2) is 95.0 Å². The minimum Gasteiger partial charge on any atom is -0.465 e. The molecule has 0 radical (unpaired) electrons. The number of rotatable bonds is 7. The van der Waals surface area contributed by atoms with Gasteiger partial charge in [-0.2, -0.15) is 0 Å². The molecule has 1 aromatic heterocycles. The molecule has 0 bridgehead atoms. The molecule has 8 heteroatoms. The van der Waals surface area contributed by atoms with Crippen molar-refractivity contribution in [1.82, 2.24) is 4.57 Å². The summed E-state index contributed by atoms with van der Waals surface area (Å²) in [7, 11) is 2.77. The first-order valence-corrected chi connectivity index (χ1v) is 11.8. The van der Waals surface area contributed by atoms with Crippen molar-refractivity contribution >= 4 is 23.3 Å². The van der Waals surface area contributed by atoms with Crippen LogP contribution in [-0.4, -0.2) is 28.6 Å². The molecular weight excluding hydrogens is 495 g/mol. The fraction of sp³-hybridized carbons (Fsp3) is 0.138. The summed E-state index contributed by atoms with van der Waals surface area (Å²) in [6.45, 7) is 0. The predicted molar refractivity (Wildman–Crippen MR) is 141 cm³/mol. The van der Waals surface area contributed by atoms with Gasteiger partial charge in [0.1, 0.15) is 5.82 Å². The monoisotopic (exact) mass is 518 g/mol. The number of pyridine rings is 1. The molecule has 1 heterocycles. The number of aromatic nitrogens is 1. The molecule has 0 saturated carbocycles. The second-order valence-electron chi connectivity index (χ2n) is 8.44. The first kappa shape index (κ1) is 25.9. The average molecular weight is 519 g/mol. The number of oxime groups is 1. The Kier molecular flexibility index (Phi) is 7.84. The number of halogens is 2. The predicted octanol–water partition coefficient (Wildman–Crippen LogP) is 6.03. The van der Waals surface area contributed by atoms with Crippen LogP contribution >= 0.6 is 11.6 Å². The highest BCUT2D eigenvalue weighted by Gasteiger charge is 2.29. The van der Waals surface area contributed by atoms with Gasteiger partial charge in [-0.1, -0.05) is 71.4 Å². The van der Waals surface area contributed by atoms with Crippen LogP contribution in [0.5, 0.6) is 0 Å². The van der Waals surface area contributed by atoms with Crippen molar-refractivity contribution in [3.05, 3.63) is 129 Å². The maximum Gasteiger partial charge on any atom is 0.340 e. The molecule has 1 atom stereocenters. The van der Waals surface area contributed by atoms with Crippen LogP contribution in [0, 0.1) is 5.82 Å². The third-order valence-corrected chi connectivity index (χ3v) is 6.58. The molecule has 0 aliphatic carbocycles. The number of aryl methyl sites for hydroxylation is 1. The molecular formula is C29H24ClFN2O4. The lowest BCUT2D eigenvalue weighted by molar-refractivity contribution is 0.0595. The lowest BCUT2D eigenvalue weighted by Crippen LogP contribution is -2.19. The summed E-state index contributed by atoms with van der Waals surface area (Å²) in [4.78, 5) is 24.4. The molecule has 188 valence electrons. The summed E-state index contributed by atoms with van der Waals surface area (Å²) in [5.41, 5.74) is 2.30. The minimum absolute atomic E-state index is 0.0137. The van der Waals surface area contributed by atoms with E-state index in [1.54, 1.807) is 49.6 Å². The Labute approximate surface area is 218 Å². The lowest BCUT2D eigenvalue weighted by Gasteiger charge is -2.24. The van der Waals surface area contributed by atoms with Crippen LogP contribution in [0.3, 0.4) is 0 Å². The fourth-order valence-corrected chi connectivity index (χ4v) is 4.64. The highest BCUT2D eigenvalue weighted by molar-refractivity contribution is 6.31. The van der Waals surface area contributed by atoms with Crippen molar-refractivity contribution in [3.8, 4) is 11.1 Å². The third kappa shape index (κ3) is 5.32. The van der Waals surface area contributed by atoms with Gasteiger partial charge in [-0.15, -0.1) is 0 Å². The molecule has 4 rings (SSSR count). The Bertz CT molecular complexity index is 1530. The van der Waals surface area contributed by atoms with E-state index in [4.69, 9.17) is 16.3 Å². The molecule has 3 aromatic carbocycles. The zero-order chi connectivity index (χ0) is 26.5. The molecule has 0 saturated heterocycles. The topological polar surface area (TPSA) is 80.9 Å². The summed E-state index contributed by atoms with van der Waals surface area (Å²) < 4.78 is 22.5. The number of benzene rings is 3. The zero-order valence-electron chi connectivity index (χ0n) is 20.2. The first-order chi connectivity index (χ1) is 17.8.